The van der Waals surface area contributed by atoms with Crippen molar-refractivity contribution in [2.45, 2.75) is 44.6 Å². The van der Waals surface area contributed by atoms with Crippen molar-refractivity contribution < 1.29 is 9.53 Å². The number of benzene rings is 1. The van der Waals surface area contributed by atoms with Crippen molar-refractivity contribution in [3.8, 4) is 0 Å². The van der Waals surface area contributed by atoms with E-state index in [1.807, 2.05) is 12.4 Å². The Morgan fingerprint density at radius 1 is 1.38 bits per heavy atom. The first-order chi connectivity index (χ1) is 12.6. The minimum absolute atomic E-state index is 0.0640. The third-order valence-electron chi connectivity index (χ3n) is 5.54. The number of aromatic nitrogens is 2. The third kappa shape index (κ3) is 3.15. The molecule has 4 rings (SSSR count). The number of carbonyl (C=O) groups is 1. The van der Waals surface area contributed by atoms with Gasteiger partial charge in [0, 0.05) is 39.1 Å². The summed E-state index contributed by atoms with van der Waals surface area (Å²) in [7, 11) is 1.66. The van der Waals surface area contributed by atoms with Crippen molar-refractivity contribution in [1.29, 1.82) is 0 Å². The number of nitrogens with one attached hydrogen (secondary N) is 1. The lowest BCUT2D eigenvalue weighted by atomic mass is 9.88. The normalized spacial score (nSPS) is 22.2. The Hall–Kier alpha value is -2.18. The van der Waals surface area contributed by atoms with E-state index in [0.29, 0.717) is 6.54 Å². The highest BCUT2D eigenvalue weighted by Gasteiger charge is 2.46. The van der Waals surface area contributed by atoms with Crippen LogP contribution in [-0.2, 0) is 28.2 Å². The van der Waals surface area contributed by atoms with E-state index in [2.05, 4.69) is 51.0 Å². The molecule has 1 amide bonds. The average molecular weight is 354 g/mol. The summed E-state index contributed by atoms with van der Waals surface area (Å²) in [6, 6.07) is 8.67. The number of amides is 1. The molecule has 1 N–H and O–H groups in total. The van der Waals surface area contributed by atoms with Gasteiger partial charge in [-0.05, 0) is 25.3 Å². The number of piperidine rings is 1. The number of imidazole rings is 1. The molecule has 0 radical (unpaired) electrons. The third-order valence-corrected chi connectivity index (χ3v) is 5.54. The minimum Gasteiger partial charge on any atom is -0.357 e. The lowest BCUT2D eigenvalue weighted by Crippen LogP contribution is -2.53. The quantitative estimate of drug-likeness (QED) is 0.914. The summed E-state index contributed by atoms with van der Waals surface area (Å²) in [6.07, 6.45) is 5.01. The molecule has 3 heterocycles. The number of rotatable bonds is 3. The number of fused-ring (bicyclic) bond motifs is 2. The Morgan fingerprint density at radius 3 is 2.92 bits per heavy atom. The van der Waals surface area contributed by atoms with Gasteiger partial charge < -0.3 is 14.6 Å². The second-order valence-corrected chi connectivity index (χ2v) is 7.38. The molecule has 0 bridgehead atoms. The molecule has 1 unspecified atom stereocenters. The van der Waals surface area contributed by atoms with Crippen molar-refractivity contribution in [3.05, 3.63) is 53.6 Å². The maximum absolute atomic E-state index is 12.2. The highest BCUT2D eigenvalue weighted by molar-refractivity contribution is 5.80. The SMILES string of the molecule is CNC(=O)C1Cn2ccnc2C2(CCN(Cc3cccc(C)c3)CC2)O1. The van der Waals surface area contributed by atoms with Crippen LogP contribution in [0, 0.1) is 6.92 Å². The van der Waals surface area contributed by atoms with Crippen molar-refractivity contribution in [2.24, 2.45) is 0 Å². The lowest BCUT2D eigenvalue weighted by molar-refractivity contribution is -0.173. The molecule has 0 saturated carbocycles. The molecule has 26 heavy (non-hydrogen) atoms. The number of ether oxygens (including phenoxy) is 1. The van der Waals surface area contributed by atoms with Crippen molar-refractivity contribution >= 4 is 5.91 Å². The van der Waals surface area contributed by atoms with Gasteiger partial charge in [0.05, 0.1) is 6.54 Å². The van der Waals surface area contributed by atoms with Crippen LogP contribution in [0.2, 0.25) is 0 Å². The monoisotopic (exact) mass is 354 g/mol. The standard InChI is InChI=1S/C20H26N4O2/c1-15-4-3-5-16(12-15)13-23-9-6-20(7-10-23)19-22-8-11-24(19)14-17(26-20)18(25)21-2/h3-5,8,11-12,17H,6-7,9-10,13-14H2,1-2H3,(H,21,25). The Morgan fingerprint density at radius 2 is 2.19 bits per heavy atom. The smallest absolute Gasteiger partial charge is 0.250 e. The molecule has 1 fully saturated rings. The number of hydrogen-bond donors (Lipinski definition) is 1. The molecular formula is C20H26N4O2. The molecule has 138 valence electrons. The Bertz CT molecular complexity index is 793. The number of aryl methyl sites for hydroxylation is 1. The summed E-state index contributed by atoms with van der Waals surface area (Å²) in [6.45, 7) is 5.47. The maximum Gasteiger partial charge on any atom is 0.250 e. The minimum atomic E-state index is -0.456. The largest absolute Gasteiger partial charge is 0.357 e. The zero-order chi connectivity index (χ0) is 18.1. The lowest BCUT2D eigenvalue weighted by Gasteiger charge is -2.45. The van der Waals surface area contributed by atoms with Gasteiger partial charge in [-0.1, -0.05) is 29.8 Å². The van der Waals surface area contributed by atoms with E-state index in [1.54, 1.807) is 7.05 Å². The second kappa shape index (κ2) is 6.85. The first-order valence-corrected chi connectivity index (χ1v) is 9.28. The van der Waals surface area contributed by atoms with Crippen LogP contribution in [0.3, 0.4) is 0 Å². The average Bonchev–Trinajstić information content (AvgIpc) is 3.13. The van der Waals surface area contributed by atoms with Gasteiger partial charge in [-0.2, -0.15) is 0 Å². The van der Waals surface area contributed by atoms with Crippen LogP contribution in [-0.4, -0.2) is 46.6 Å². The van der Waals surface area contributed by atoms with Gasteiger partial charge in [-0.25, -0.2) is 4.98 Å². The van der Waals surface area contributed by atoms with E-state index in [4.69, 9.17) is 4.74 Å². The van der Waals surface area contributed by atoms with Crippen LogP contribution < -0.4 is 5.32 Å². The number of nitrogens with zero attached hydrogens (tertiary/aromatic N) is 3. The molecular weight excluding hydrogens is 328 g/mol. The Balaban J connectivity index is 1.49. The molecule has 1 saturated heterocycles. The van der Waals surface area contributed by atoms with Gasteiger partial charge >= 0.3 is 0 Å². The van der Waals surface area contributed by atoms with Gasteiger partial charge in [0.15, 0.2) is 6.10 Å². The highest BCUT2D eigenvalue weighted by Crippen LogP contribution is 2.40. The fraction of sp³-hybridized carbons (Fsp3) is 0.500. The fourth-order valence-electron chi connectivity index (χ4n) is 4.18. The Labute approximate surface area is 154 Å². The second-order valence-electron chi connectivity index (χ2n) is 7.38. The molecule has 1 atom stereocenters. The molecule has 2 aliphatic rings. The van der Waals surface area contributed by atoms with Gasteiger partial charge in [0.25, 0.3) is 5.91 Å². The summed E-state index contributed by atoms with van der Waals surface area (Å²) in [5, 5.41) is 2.72. The van der Waals surface area contributed by atoms with Gasteiger partial charge in [-0.15, -0.1) is 0 Å². The van der Waals surface area contributed by atoms with E-state index in [1.165, 1.54) is 11.1 Å². The molecule has 6 heteroatoms. The molecule has 2 aliphatic heterocycles. The number of hydrogen-bond acceptors (Lipinski definition) is 4. The summed E-state index contributed by atoms with van der Waals surface area (Å²) in [5.41, 5.74) is 2.18. The first-order valence-electron chi connectivity index (χ1n) is 9.28. The highest BCUT2D eigenvalue weighted by atomic mass is 16.5. The molecule has 6 nitrogen and oxygen atoms in total. The van der Waals surface area contributed by atoms with Crippen molar-refractivity contribution in [3.63, 3.8) is 0 Å². The summed E-state index contributed by atoms with van der Waals surface area (Å²) in [5.74, 6) is 0.902. The van der Waals surface area contributed by atoms with Crippen LogP contribution in [0.1, 0.15) is 29.8 Å². The van der Waals surface area contributed by atoms with Crippen LogP contribution >= 0.6 is 0 Å². The van der Waals surface area contributed by atoms with E-state index < -0.39 is 11.7 Å². The van der Waals surface area contributed by atoms with E-state index >= 15 is 0 Å². The summed E-state index contributed by atoms with van der Waals surface area (Å²) in [4.78, 5) is 19.2. The molecule has 1 aromatic carbocycles. The molecule has 1 spiro atoms. The molecule has 2 aromatic rings. The predicted octanol–water partition coefficient (Wildman–Crippen LogP) is 1.83. The van der Waals surface area contributed by atoms with Crippen LogP contribution in [0.15, 0.2) is 36.7 Å². The van der Waals surface area contributed by atoms with Gasteiger partial charge in [-0.3, -0.25) is 9.69 Å². The van der Waals surface area contributed by atoms with Crippen LogP contribution in [0.5, 0.6) is 0 Å². The van der Waals surface area contributed by atoms with E-state index in [-0.39, 0.29) is 5.91 Å². The fourth-order valence-corrected chi connectivity index (χ4v) is 4.18. The number of carbonyl (C=O) groups excluding carboxylic acids is 1. The zero-order valence-corrected chi connectivity index (χ0v) is 15.4. The number of likely N-dealkylation sites (N-methyl/N-ethyl adjacent to an activating group) is 1. The predicted molar refractivity (Wildman–Crippen MR) is 98.5 cm³/mol. The zero-order valence-electron chi connectivity index (χ0n) is 15.4. The van der Waals surface area contributed by atoms with Gasteiger partial charge in [0.2, 0.25) is 0 Å². The summed E-state index contributed by atoms with van der Waals surface area (Å²) < 4.78 is 8.43. The van der Waals surface area contributed by atoms with E-state index in [9.17, 15) is 4.79 Å². The van der Waals surface area contributed by atoms with Crippen LogP contribution in [0.4, 0.5) is 0 Å². The van der Waals surface area contributed by atoms with Crippen molar-refractivity contribution in [2.75, 3.05) is 20.1 Å². The first kappa shape index (κ1) is 17.2. The topological polar surface area (TPSA) is 59.4 Å². The summed E-state index contributed by atoms with van der Waals surface area (Å²) >= 11 is 0. The van der Waals surface area contributed by atoms with E-state index in [0.717, 1.165) is 38.3 Å². The number of likely N-dealkylation sites (tertiary alicyclic amines) is 1. The maximum atomic E-state index is 12.2. The Kier molecular flexibility index (Phi) is 4.54. The molecule has 0 aliphatic carbocycles. The van der Waals surface area contributed by atoms with Crippen LogP contribution in [0.25, 0.3) is 0 Å². The van der Waals surface area contributed by atoms with Gasteiger partial charge in [0.1, 0.15) is 11.4 Å². The molecule has 1 aromatic heterocycles. The van der Waals surface area contributed by atoms with Crippen molar-refractivity contribution in [1.82, 2.24) is 19.8 Å².